The van der Waals surface area contributed by atoms with Crippen LogP contribution in [0.15, 0.2) is 0 Å². The molecule has 0 radical (unpaired) electrons. The molecule has 4 unspecified atom stereocenters. The van der Waals surface area contributed by atoms with Crippen LogP contribution in [0.3, 0.4) is 0 Å². The summed E-state index contributed by atoms with van der Waals surface area (Å²) < 4.78 is 0. The summed E-state index contributed by atoms with van der Waals surface area (Å²) in [6.45, 7) is 6.82. The van der Waals surface area contributed by atoms with E-state index in [0.29, 0.717) is 12.3 Å². The molecule has 2 rings (SSSR count). The molecule has 1 amide bonds. The van der Waals surface area contributed by atoms with Gasteiger partial charge in [-0.05, 0) is 24.2 Å². The van der Waals surface area contributed by atoms with E-state index in [1.807, 2.05) is 0 Å². The van der Waals surface area contributed by atoms with Gasteiger partial charge in [0.1, 0.15) is 6.04 Å². The first-order valence-corrected chi connectivity index (χ1v) is 8.79. The van der Waals surface area contributed by atoms with E-state index in [4.69, 9.17) is 5.73 Å². The Morgan fingerprint density at radius 1 is 1.33 bits per heavy atom. The number of carboxylic acid groups (broad SMARTS) is 1. The van der Waals surface area contributed by atoms with Gasteiger partial charge in [0.15, 0.2) is 0 Å². The molecular weight excluding hydrogens is 288 g/mol. The molecule has 0 aromatic heterocycles. The summed E-state index contributed by atoms with van der Waals surface area (Å²) in [6, 6.07) is -0.561. The topological polar surface area (TPSA) is 83.6 Å². The molecule has 0 aromatic carbocycles. The lowest BCUT2D eigenvalue weighted by atomic mass is 9.60. The van der Waals surface area contributed by atoms with Crippen molar-refractivity contribution in [2.75, 3.05) is 18.1 Å². The minimum absolute atomic E-state index is 0.00597. The van der Waals surface area contributed by atoms with Gasteiger partial charge in [-0.2, -0.15) is 11.8 Å². The second-order valence-corrected chi connectivity index (χ2v) is 8.01. The van der Waals surface area contributed by atoms with E-state index in [9.17, 15) is 14.7 Å². The zero-order valence-corrected chi connectivity index (χ0v) is 13.9. The summed E-state index contributed by atoms with van der Waals surface area (Å²) >= 11 is 1.61. The Bertz CT molecular complexity index is 427. The second kappa shape index (κ2) is 6.16. The number of nitrogens with zero attached hydrogens (tertiary/aromatic N) is 1. The molecule has 0 aromatic rings. The van der Waals surface area contributed by atoms with Crippen molar-refractivity contribution in [3.8, 4) is 0 Å². The summed E-state index contributed by atoms with van der Waals surface area (Å²) in [5.74, 6) is 0.543. The van der Waals surface area contributed by atoms with Crippen molar-refractivity contribution in [1.29, 1.82) is 0 Å². The number of rotatable bonds is 2. The lowest BCUT2D eigenvalue weighted by Gasteiger charge is -2.48. The Hall–Kier alpha value is -0.750. The number of thioether (sulfide) groups is 1. The van der Waals surface area contributed by atoms with Crippen LogP contribution >= 0.6 is 11.8 Å². The van der Waals surface area contributed by atoms with Crippen LogP contribution in [0, 0.1) is 17.3 Å². The number of hydrogen-bond donors (Lipinski definition) is 2. The predicted molar refractivity (Wildman–Crippen MR) is 84.1 cm³/mol. The zero-order valence-electron chi connectivity index (χ0n) is 13.0. The molecule has 2 aliphatic rings. The molecule has 6 heteroatoms. The van der Waals surface area contributed by atoms with Gasteiger partial charge in [0.2, 0.25) is 5.91 Å². The number of carbonyl (C=O) groups is 2. The van der Waals surface area contributed by atoms with Crippen molar-refractivity contribution in [2.24, 2.45) is 23.0 Å². The molecule has 1 heterocycles. The molecule has 4 atom stereocenters. The highest BCUT2D eigenvalue weighted by Crippen LogP contribution is 2.45. The fraction of sp³-hybridized carbons (Fsp3) is 0.867. The van der Waals surface area contributed by atoms with Gasteiger partial charge in [-0.25, -0.2) is 4.79 Å². The Kier molecular flexibility index (Phi) is 4.88. The monoisotopic (exact) mass is 314 g/mol. The molecule has 0 bridgehead atoms. The van der Waals surface area contributed by atoms with E-state index in [1.165, 1.54) is 0 Å². The largest absolute Gasteiger partial charge is 0.480 e. The van der Waals surface area contributed by atoms with Crippen LogP contribution in [-0.4, -0.2) is 52.0 Å². The van der Waals surface area contributed by atoms with Gasteiger partial charge in [-0.15, -0.1) is 0 Å². The molecule has 120 valence electrons. The number of nitrogens with two attached hydrogens (primary N) is 1. The Balaban J connectivity index is 2.20. The fourth-order valence-corrected chi connectivity index (χ4v) is 4.60. The molecule has 1 aliphatic carbocycles. The number of amides is 1. The van der Waals surface area contributed by atoms with E-state index in [0.717, 1.165) is 18.6 Å². The predicted octanol–water partition coefficient (Wildman–Crippen LogP) is 1.41. The van der Waals surface area contributed by atoms with E-state index in [2.05, 4.69) is 20.8 Å². The van der Waals surface area contributed by atoms with Crippen LogP contribution in [0.2, 0.25) is 0 Å². The maximum Gasteiger partial charge on any atom is 0.327 e. The summed E-state index contributed by atoms with van der Waals surface area (Å²) in [4.78, 5) is 25.9. The van der Waals surface area contributed by atoms with Gasteiger partial charge in [-0.1, -0.05) is 20.8 Å². The fourth-order valence-electron chi connectivity index (χ4n) is 3.56. The SMILES string of the molecule is CC1C(N)CCC(C(=O)N2CCSCC2C(=O)O)C1(C)C. The lowest BCUT2D eigenvalue weighted by Crippen LogP contribution is -2.57. The number of hydrogen-bond acceptors (Lipinski definition) is 4. The van der Waals surface area contributed by atoms with Gasteiger partial charge >= 0.3 is 5.97 Å². The van der Waals surface area contributed by atoms with Gasteiger partial charge in [0, 0.05) is 30.0 Å². The summed E-state index contributed by atoms with van der Waals surface area (Å²) in [5.41, 5.74) is 5.96. The van der Waals surface area contributed by atoms with Crippen molar-refractivity contribution in [3.05, 3.63) is 0 Å². The lowest BCUT2D eigenvalue weighted by molar-refractivity contribution is -0.155. The molecular formula is C15H26N2O3S. The minimum Gasteiger partial charge on any atom is -0.480 e. The smallest absolute Gasteiger partial charge is 0.327 e. The third-order valence-electron chi connectivity index (χ3n) is 5.50. The molecule has 5 nitrogen and oxygen atoms in total. The second-order valence-electron chi connectivity index (χ2n) is 6.86. The van der Waals surface area contributed by atoms with Crippen molar-refractivity contribution in [2.45, 2.75) is 45.7 Å². The Morgan fingerprint density at radius 2 is 2.00 bits per heavy atom. The van der Waals surface area contributed by atoms with Crippen LogP contribution in [0.4, 0.5) is 0 Å². The van der Waals surface area contributed by atoms with E-state index in [1.54, 1.807) is 16.7 Å². The van der Waals surface area contributed by atoms with Gasteiger partial charge in [0.25, 0.3) is 0 Å². The number of carboxylic acids is 1. The standard InChI is InChI=1S/C15H26N2O3S/c1-9-11(16)5-4-10(15(9,2)3)13(18)17-6-7-21-8-12(17)14(19)20/h9-12H,4-8,16H2,1-3H3,(H,19,20). The molecule has 3 N–H and O–H groups in total. The average Bonchev–Trinajstić information content (AvgIpc) is 2.44. The zero-order chi connectivity index (χ0) is 15.8. The molecule has 1 saturated carbocycles. The summed E-state index contributed by atoms with van der Waals surface area (Å²) in [5, 5.41) is 9.35. The Labute approximate surface area is 130 Å². The van der Waals surface area contributed by atoms with E-state index in [-0.39, 0.29) is 29.2 Å². The maximum atomic E-state index is 12.9. The van der Waals surface area contributed by atoms with Gasteiger partial charge < -0.3 is 15.7 Å². The minimum atomic E-state index is -0.895. The molecule has 1 saturated heterocycles. The van der Waals surface area contributed by atoms with Crippen LogP contribution in [0.1, 0.15) is 33.6 Å². The molecule has 0 spiro atoms. The molecule has 1 aliphatic heterocycles. The first-order valence-electron chi connectivity index (χ1n) is 7.63. The summed E-state index contributed by atoms with van der Waals surface area (Å²) in [6.07, 6.45) is 1.59. The Morgan fingerprint density at radius 3 is 2.62 bits per heavy atom. The van der Waals surface area contributed by atoms with Crippen molar-refractivity contribution < 1.29 is 14.7 Å². The molecule has 21 heavy (non-hydrogen) atoms. The molecule has 2 fully saturated rings. The number of aliphatic carboxylic acids is 1. The quantitative estimate of drug-likeness (QED) is 0.805. The highest BCUT2D eigenvalue weighted by Gasteiger charge is 2.48. The first-order chi connectivity index (χ1) is 9.76. The van der Waals surface area contributed by atoms with Gasteiger partial charge in [-0.3, -0.25) is 4.79 Å². The van der Waals surface area contributed by atoms with Crippen molar-refractivity contribution in [3.63, 3.8) is 0 Å². The number of carbonyl (C=O) groups excluding carboxylic acids is 1. The van der Waals surface area contributed by atoms with Crippen LogP contribution in [0.25, 0.3) is 0 Å². The summed E-state index contributed by atoms with van der Waals surface area (Å²) in [7, 11) is 0. The van der Waals surface area contributed by atoms with Gasteiger partial charge in [0.05, 0.1) is 0 Å². The highest BCUT2D eigenvalue weighted by molar-refractivity contribution is 7.99. The first kappa shape index (κ1) is 16.6. The normalized spacial score (nSPS) is 36.3. The van der Waals surface area contributed by atoms with Crippen LogP contribution in [-0.2, 0) is 9.59 Å². The van der Waals surface area contributed by atoms with E-state index >= 15 is 0 Å². The van der Waals surface area contributed by atoms with E-state index < -0.39 is 12.0 Å². The van der Waals surface area contributed by atoms with Crippen molar-refractivity contribution >= 4 is 23.6 Å². The van der Waals surface area contributed by atoms with Crippen LogP contribution < -0.4 is 5.73 Å². The highest BCUT2D eigenvalue weighted by atomic mass is 32.2. The third kappa shape index (κ3) is 3.06. The van der Waals surface area contributed by atoms with Crippen LogP contribution in [0.5, 0.6) is 0 Å². The maximum absolute atomic E-state index is 12.9. The average molecular weight is 314 g/mol. The third-order valence-corrected chi connectivity index (χ3v) is 6.52. The van der Waals surface area contributed by atoms with Crippen molar-refractivity contribution in [1.82, 2.24) is 4.90 Å².